The van der Waals surface area contributed by atoms with Gasteiger partial charge in [-0.05, 0) is 24.1 Å². The maximum absolute atomic E-state index is 13.1. The number of likely N-dealkylation sites (tertiary alicyclic amines) is 1. The molecule has 0 atom stereocenters. The van der Waals surface area contributed by atoms with E-state index in [1.54, 1.807) is 25.3 Å². The van der Waals surface area contributed by atoms with Crippen LogP contribution in [0, 0.1) is 5.92 Å². The summed E-state index contributed by atoms with van der Waals surface area (Å²) >= 11 is 0. The second kappa shape index (κ2) is 9.33. The molecule has 7 nitrogen and oxygen atoms in total. The number of piperidine rings is 1. The molecule has 2 aromatic carbocycles. The molecule has 2 heterocycles. The van der Waals surface area contributed by atoms with Crippen LogP contribution in [0.2, 0.25) is 0 Å². The summed E-state index contributed by atoms with van der Waals surface area (Å²) in [5.74, 6) is 2.57. The molecule has 0 saturated carbocycles. The van der Waals surface area contributed by atoms with Crippen molar-refractivity contribution in [2.45, 2.75) is 38.7 Å². The average molecular weight is 454 g/mol. The van der Waals surface area contributed by atoms with Crippen molar-refractivity contribution in [1.29, 1.82) is 0 Å². The number of hydrogen-bond donors (Lipinski definition) is 0. The highest BCUT2D eigenvalue weighted by Gasteiger charge is 2.45. The smallest absolute Gasteiger partial charge is 0.253 e. The van der Waals surface area contributed by atoms with Crippen LogP contribution in [0.4, 0.5) is 0 Å². The number of benzene rings is 2. The fraction of sp³-hybridized carbons (Fsp3) is 0.462. The Balaban J connectivity index is 1.46. The van der Waals surface area contributed by atoms with Gasteiger partial charge in [-0.1, -0.05) is 19.9 Å². The highest BCUT2D eigenvalue weighted by molar-refractivity contribution is 6.03. The summed E-state index contributed by atoms with van der Waals surface area (Å²) in [6.45, 7) is 5.80. The van der Waals surface area contributed by atoms with E-state index < -0.39 is 5.60 Å². The van der Waals surface area contributed by atoms with Gasteiger partial charge in [0.05, 0.1) is 27.2 Å². The molecule has 1 spiro atoms. The summed E-state index contributed by atoms with van der Waals surface area (Å²) in [7, 11) is 3.09. The number of ketones is 1. The van der Waals surface area contributed by atoms with Crippen LogP contribution in [0.3, 0.4) is 0 Å². The van der Waals surface area contributed by atoms with E-state index in [1.165, 1.54) is 7.11 Å². The van der Waals surface area contributed by atoms with Crippen LogP contribution in [-0.4, -0.2) is 56.1 Å². The molecule has 176 valence electrons. The van der Waals surface area contributed by atoms with Gasteiger partial charge in [-0.3, -0.25) is 9.59 Å². The van der Waals surface area contributed by atoms with Gasteiger partial charge in [-0.2, -0.15) is 0 Å². The van der Waals surface area contributed by atoms with E-state index in [4.69, 9.17) is 18.9 Å². The lowest BCUT2D eigenvalue weighted by atomic mass is 9.82. The van der Waals surface area contributed by atoms with E-state index in [0.29, 0.717) is 72.6 Å². The molecule has 2 aromatic rings. The van der Waals surface area contributed by atoms with Crippen molar-refractivity contribution < 1.29 is 28.5 Å². The van der Waals surface area contributed by atoms with Crippen molar-refractivity contribution in [3.63, 3.8) is 0 Å². The first-order chi connectivity index (χ1) is 15.8. The average Bonchev–Trinajstić information content (AvgIpc) is 2.82. The zero-order chi connectivity index (χ0) is 23.6. The number of hydrogen-bond acceptors (Lipinski definition) is 6. The molecule has 0 aliphatic carbocycles. The van der Waals surface area contributed by atoms with E-state index >= 15 is 0 Å². The van der Waals surface area contributed by atoms with Gasteiger partial charge in [0.15, 0.2) is 5.78 Å². The minimum absolute atomic E-state index is 0.00877. The van der Waals surface area contributed by atoms with Crippen molar-refractivity contribution in [2.75, 3.05) is 33.9 Å². The first-order valence-electron chi connectivity index (χ1n) is 11.3. The fourth-order valence-electron chi connectivity index (χ4n) is 4.41. The number of carbonyl (C=O) groups is 2. The quantitative estimate of drug-likeness (QED) is 0.646. The maximum Gasteiger partial charge on any atom is 0.253 e. The van der Waals surface area contributed by atoms with Crippen molar-refractivity contribution in [1.82, 2.24) is 4.90 Å². The number of ether oxygens (including phenoxy) is 4. The molecule has 2 aliphatic heterocycles. The Morgan fingerprint density at radius 1 is 1.09 bits per heavy atom. The van der Waals surface area contributed by atoms with E-state index in [1.807, 2.05) is 23.1 Å². The van der Waals surface area contributed by atoms with Gasteiger partial charge in [-0.25, -0.2) is 0 Å². The molecule has 0 bridgehead atoms. The lowest BCUT2D eigenvalue weighted by Gasteiger charge is -2.44. The number of amides is 1. The monoisotopic (exact) mass is 453 g/mol. The predicted molar refractivity (Wildman–Crippen MR) is 124 cm³/mol. The molecule has 2 aliphatic rings. The molecule has 0 unspecified atom stereocenters. The normalized spacial score (nSPS) is 16.9. The lowest BCUT2D eigenvalue weighted by molar-refractivity contribution is -0.00611. The van der Waals surface area contributed by atoms with Crippen LogP contribution in [0.1, 0.15) is 53.8 Å². The number of rotatable bonds is 6. The third-order valence-electron chi connectivity index (χ3n) is 6.21. The molecular weight excluding hydrogens is 422 g/mol. The van der Waals surface area contributed by atoms with Crippen molar-refractivity contribution in [3.8, 4) is 23.0 Å². The van der Waals surface area contributed by atoms with Gasteiger partial charge < -0.3 is 23.8 Å². The molecule has 33 heavy (non-hydrogen) atoms. The Hall–Kier alpha value is -3.22. The van der Waals surface area contributed by atoms with Gasteiger partial charge in [0.25, 0.3) is 5.91 Å². The first kappa shape index (κ1) is 23.0. The van der Waals surface area contributed by atoms with Gasteiger partial charge in [0.1, 0.15) is 34.2 Å². The van der Waals surface area contributed by atoms with Crippen molar-refractivity contribution >= 4 is 11.7 Å². The first-order valence-corrected chi connectivity index (χ1v) is 11.3. The summed E-state index contributed by atoms with van der Waals surface area (Å²) in [4.78, 5) is 28.0. The SMILES string of the molecule is COc1cc(OC)c2c(c1)OC1(CCN(C(=O)c3cccc(OCC(C)C)c3)CC1)CC2=O. The van der Waals surface area contributed by atoms with Crippen LogP contribution < -0.4 is 18.9 Å². The summed E-state index contributed by atoms with van der Waals surface area (Å²) < 4.78 is 22.9. The van der Waals surface area contributed by atoms with Crippen molar-refractivity contribution in [2.24, 2.45) is 5.92 Å². The van der Waals surface area contributed by atoms with E-state index in [2.05, 4.69) is 13.8 Å². The number of Topliss-reactive ketones (excluding diaryl/α,β-unsaturated/α-hetero) is 1. The largest absolute Gasteiger partial charge is 0.496 e. The van der Waals surface area contributed by atoms with Crippen molar-refractivity contribution in [3.05, 3.63) is 47.5 Å². The Kier molecular flexibility index (Phi) is 6.49. The Bertz CT molecular complexity index is 1040. The zero-order valence-corrected chi connectivity index (χ0v) is 19.7. The third-order valence-corrected chi connectivity index (χ3v) is 6.21. The molecule has 1 saturated heterocycles. The molecule has 0 radical (unpaired) electrons. The Labute approximate surface area is 194 Å². The van der Waals surface area contributed by atoms with Crippen LogP contribution >= 0.6 is 0 Å². The summed E-state index contributed by atoms with van der Waals surface area (Å²) in [6.07, 6.45) is 1.42. The molecule has 1 amide bonds. The van der Waals surface area contributed by atoms with Gasteiger partial charge >= 0.3 is 0 Å². The minimum atomic E-state index is -0.625. The van der Waals surface area contributed by atoms with Crippen LogP contribution in [0.25, 0.3) is 0 Å². The van der Waals surface area contributed by atoms with Crippen LogP contribution in [0.15, 0.2) is 36.4 Å². The molecular formula is C26H31NO6. The Morgan fingerprint density at radius 3 is 2.52 bits per heavy atom. The molecule has 1 fully saturated rings. The highest BCUT2D eigenvalue weighted by atomic mass is 16.5. The van der Waals surface area contributed by atoms with E-state index in [9.17, 15) is 9.59 Å². The molecule has 0 N–H and O–H groups in total. The molecule has 4 rings (SSSR count). The number of carbonyl (C=O) groups excluding carboxylic acids is 2. The van der Waals surface area contributed by atoms with Gasteiger partial charge in [-0.15, -0.1) is 0 Å². The fourth-order valence-corrected chi connectivity index (χ4v) is 4.41. The molecule has 0 aromatic heterocycles. The van der Waals surface area contributed by atoms with Crippen LogP contribution in [0.5, 0.6) is 23.0 Å². The highest BCUT2D eigenvalue weighted by Crippen LogP contribution is 2.44. The maximum atomic E-state index is 13.1. The predicted octanol–water partition coefficient (Wildman–Crippen LogP) is 4.38. The second-order valence-electron chi connectivity index (χ2n) is 9.11. The summed E-state index contributed by atoms with van der Waals surface area (Å²) in [6, 6.07) is 10.7. The number of nitrogens with zero attached hydrogens (tertiary/aromatic N) is 1. The number of methoxy groups -OCH3 is 2. The minimum Gasteiger partial charge on any atom is -0.496 e. The van der Waals surface area contributed by atoms with E-state index in [0.717, 1.165) is 0 Å². The summed E-state index contributed by atoms with van der Waals surface area (Å²) in [5.41, 5.74) is 0.439. The zero-order valence-electron chi connectivity index (χ0n) is 19.7. The van der Waals surface area contributed by atoms with Crippen LogP contribution in [-0.2, 0) is 0 Å². The standard InChI is InChI=1S/C26H31NO6/c1-17(2)16-32-19-7-5-6-18(12-19)25(29)27-10-8-26(9-11-27)15-21(28)24-22(31-4)13-20(30-3)14-23(24)33-26/h5-7,12-14,17H,8-11,15-16H2,1-4H3. The second-order valence-corrected chi connectivity index (χ2v) is 9.11. The lowest BCUT2D eigenvalue weighted by Crippen LogP contribution is -2.52. The Morgan fingerprint density at radius 2 is 1.85 bits per heavy atom. The van der Waals surface area contributed by atoms with Gasteiger partial charge in [0, 0.05) is 43.6 Å². The third kappa shape index (κ3) is 4.77. The topological polar surface area (TPSA) is 74.3 Å². The summed E-state index contributed by atoms with van der Waals surface area (Å²) in [5, 5.41) is 0. The van der Waals surface area contributed by atoms with E-state index in [-0.39, 0.29) is 18.1 Å². The van der Waals surface area contributed by atoms with Gasteiger partial charge in [0.2, 0.25) is 0 Å². The number of fused-ring (bicyclic) bond motifs is 1. The molecule has 7 heteroatoms.